The van der Waals surface area contributed by atoms with Gasteiger partial charge in [0.1, 0.15) is 0 Å². The van der Waals surface area contributed by atoms with Gasteiger partial charge in [0.2, 0.25) is 5.91 Å². The molecule has 1 atom stereocenters. The van der Waals surface area contributed by atoms with Gasteiger partial charge >= 0.3 is 6.18 Å². The molecular weight excluding hydrogens is 227 g/mol. The molecule has 0 aromatic heterocycles. The normalized spacial score (nSPS) is 14.1. The number of halogens is 3. The summed E-state index contributed by atoms with van der Waals surface area (Å²) >= 11 is 4.05. The lowest BCUT2D eigenvalue weighted by Gasteiger charge is -2.23. The van der Waals surface area contributed by atoms with E-state index in [9.17, 15) is 18.0 Å². The van der Waals surface area contributed by atoms with Crippen molar-refractivity contribution in [3.05, 3.63) is 0 Å². The first-order valence-electron chi connectivity index (χ1n) is 4.65. The maximum Gasteiger partial charge on any atom is 0.390 e. The first-order chi connectivity index (χ1) is 6.65. The van der Waals surface area contributed by atoms with Crippen LogP contribution >= 0.6 is 12.6 Å². The Morgan fingerprint density at radius 3 is 2.20 bits per heavy atom. The summed E-state index contributed by atoms with van der Waals surface area (Å²) in [6.07, 6.45) is -5.20. The molecule has 0 spiro atoms. The first kappa shape index (κ1) is 14.6. The number of rotatable bonds is 4. The molecule has 0 aliphatic rings. The smallest absolute Gasteiger partial charge is 0.344 e. The van der Waals surface area contributed by atoms with E-state index in [1.54, 1.807) is 13.8 Å². The zero-order chi connectivity index (χ0) is 12.2. The molecule has 90 valence electrons. The highest BCUT2D eigenvalue weighted by molar-refractivity contribution is 7.81. The molecule has 0 aliphatic carbocycles. The third-order valence-corrected chi connectivity index (χ3v) is 2.81. The van der Waals surface area contributed by atoms with Gasteiger partial charge in [-0.1, -0.05) is 13.8 Å². The molecular formula is C9H16F3NOS. The van der Waals surface area contributed by atoms with Gasteiger partial charge in [0.05, 0.1) is 11.7 Å². The Morgan fingerprint density at radius 2 is 1.87 bits per heavy atom. The second kappa shape index (κ2) is 5.63. The SMILES string of the molecule is CC(C)C(S)C(=O)N(C)CCC(F)(F)F. The van der Waals surface area contributed by atoms with Crippen LogP contribution < -0.4 is 0 Å². The van der Waals surface area contributed by atoms with E-state index >= 15 is 0 Å². The second-order valence-electron chi connectivity index (χ2n) is 3.81. The van der Waals surface area contributed by atoms with Crippen molar-refractivity contribution < 1.29 is 18.0 Å². The summed E-state index contributed by atoms with van der Waals surface area (Å²) in [5.41, 5.74) is 0. The standard InChI is InChI=1S/C9H16F3NOS/c1-6(2)7(15)8(14)13(3)5-4-9(10,11)12/h6-7,15H,4-5H2,1-3H3. The fraction of sp³-hybridized carbons (Fsp3) is 0.889. The number of amides is 1. The molecule has 2 nitrogen and oxygen atoms in total. The summed E-state index contributed by atoms with van der Waals surface area (Å²) in [4.78, 5) is 12.6. The molecule has 1 amide bonds. The van der Waals surface area contributed by atoms with Crippen molar-refractivity contribution in [2.24, 2.45) is 5.92 Å². The predicted octanol–water partition coefficient (Wildman–Crippen LogP) is 2.35. The van der Waals surface area contributed by atoms with Gasteiger partial charge in [-0.3, -0.25) is 4.79 Å². The average molecular weight is 243 g/mol. The van der Waals surface area contributed by atoms with Crippen molar-refractivity contribution in [1.82, 2.24) is 4.90 Å². The van der Waals surface area contributed by atoms with Gasteiger partial charge in [0.25, 0.3) is 0 Å². The zero-order valence-electron chi connectivity index (χ0n) is 9.01. The third-order valence-electron chi connectivity index (χ3n) is 1.99. The highest BCUT2D eigenvalue weighted by Gasteiger charge is 2.29. The van der Waals surface area contributed by atoms with Crippen molar-refractivity contribution in [1.29, 1.82) is 0 Å². The highest BCUT2D eigenvalue weighted by Crippen LogP contribution is 2.20. The van der Waals surface area contributed by atoms with Crippen LogP contribution in [-0.2, 0) is 4.79 Å². The van der Waals surface area contributed by atoms with E-state index in [0.29, 0.717) is 0 Å². The van der Waals surface area contributed by atoms with E-state index in [1.807, 2.05) is 0 Å². The van der Waals surface area contributed by atoms with E-state index in [2.05, 4.69) is 12.6 Å². The number of nitrogens with zero attached hydrogens (tertiary/aromatic N) is 1. The fourth-order valence-electron chi connectivity index (χ4n) is 0.916. The number of hydrogen-bond donors (Lipinski definition) is 1. The molecule has 0 saturated heterocycles. The van der Waals surface area contributed by atoms with Crippen LogP contribution in [0.2, 0.25) is 0 Å². The van der Waals surface area contributed by atoms with Gasteiger partial charge in [-0.05, 0) is 5.92 Å². The molecule has 0 aromatic carbocycles. The van der Waals surface area contributed by atoms with Crippen molar-refractivity contribution in [2.45, 2.75) is 31.7 Å². The Kier molecular flexibility index (Phi) is 5.48. The van der Waals surface area contributed by atoms with Gasteiger partial charge in [0, 0.05) is 13.6 Å². The van der Waals surface area contributed by atoms with Crippen molar-refractivity contribution in [3.8, 4) is 0 Å². The van der Waals surface area contributed by atoms with Crippen LogP contribution in [0.1, 0.15) is 20.3 Å². The Labute approximate surface area is 93.2 Å². The molecule has 0 heterocycles. The van der Waals surface area contributed by atoms with Crippen LogP contribution in [0.15, 0.2) is 0 Å². The number of thiol groups is 1. The van der Waals surface area contributed by atoms with Gasteiger partial charge < -0.3 is 4.90 Å². The van der Waals surface area contributed by atoms with Gasteiger partial charge in [-0.25, -0.2) is 0 Å². The van der Waals surface area contributed by atoms with Crippen LogP contribution in [-0.4, -0.2) is 35.8 Å². The van der Waals surface area contributed by atoms with Crippen LogP contribution in [0.25, 0.3) is 0 Å². The first-order valence-corrected chi connectivity index (χ1v) is 5.16. The van der Waals surface area contributed by atoms with E-state index in [-0.39, 0.29) is 18.4 Å². The van der Waals surface area contributed by atoms with Gasteiger partial charge in [-0.2, -0.15) is 25.8 Å². The van der Waals surface area contributed by atoms with Crippen molar-refractivity contribution in [2.75, 3.05) is 13.6 Å². The molecule has 6 heteroatoms. The zero-order valence-corrected chi connectivity index (χ0v) is 9.90. The Bertz CT molecular complexity index is 218. The lowest BCUT2D eigenvalue weighted by molar-refractivity contribution is -0.144. The molecule has 0 aromatic rings. The van der Waals surface area contributed by atoms with Crippen LogP contribution in [0.4, 0.5) is 13.2 Å². The summed E-state index contributed by atoms with van der Waals surface area (Å²) in [6, 6.07) is 0. The molecule has 1 unspecified atom stereocenters. The number of hydrogen-bond acceptors (Lipinski definition) is 2. The van der Waals surface area contributed by atoms with E-state index in [0.717, 1.165) is 4.90 Å². The second-order valence-corrected chi connectivity index (χ2v) is 4.37. The number of carbonyl (C=O) groups is 1. The third kappa shape index (κ3) is 5.92. The maximum atomic E-state index is 11.9. The van der Waals surface area contributed by atoms with Crippen LogP contribution in [0.3, 0.4) is 0 Å². The molecule has 0 rings (SSSR count). The summed E-state index contributed by atoms with van der Waals surface area (Å²) in [5, 5.41) is -0.539. The topological polar surface area (TPSA) is 20.3 Å². The fourth-order valence-corrected chi connectivity index (χ4v) is 1.11. The average Bonchev–Trinajstić information content (AvgIpc) is 2.10. The maximum absolute atomic E-state index is 11.9. The minimum Gasteiger partial charge on any atom is -0.344 e. The quantitative estimate of drug-likeness (QED) is 0.751. The molecule has 0 saturated carbocycles. The number of alkyl halides is 3. The van der Waals surface area contributed by atoms with Gasteiger partial charge in [-0.15, -0.1) is 0 Å². The summed E-state index contributed by atoms with van der Waals surface area (Å²) in [5.74, 6) is -0.355. The molecule has 0 fully saturated rings. The molecule has 0 N–H and O–H groups in total. The molecule has 0 radical (unpaired) electrons. The predicted molar refractivity (Wildman–Crippen MR) is 55.9 cm³/mol. The summed E-state index contributed by atoms with van der Waals surface area (Å²) in [6.45, 7) is 3.28. The summed E-state index contributed by atoms with van der Waals surface area (Å²) < 4.78 is 35.6. The van der Waals surface area contributed by atoms with Crippen molar-refractivity contribution in [3.63, 3.8) is 0 Å². The van der Waals surface area contributed by atoms with E-state index in [4.69, 9.17) is 0 Å². The van der Waals surface area contributed by atoms with Crippen LogP contribution in [0, 0.1) is 5.92 Å². The summed E-state index contributed by atoms with van der Waals surface area (Å²) in [7, 11) is 1.36. The minimum absolute atomic E-state index is 0.00849. The number of carbonyl (C=O) groups excluding carboxylic acids is 1. The van der Waals surface area contributed by atoms with Crippen LogP contribution in [0.5, 0.6) is 0 Å². The Morgan fingerprint density at radius 1 is 1.40 bits per heavy atom. The Balaban J connectivity index is 4.11. The van der Waals surface area contributed by atoms with E-state index in [1.165, 1.54) is 7.05 Å². The lowest BCUT2D eigenvalue weighted by Crippen LogP contribution is -2.38. The lowest BCUT2D eigenvalue weighted by atomic mass is 10.1. The molecule has 15 heavy (non-hydrogen) atoms. The van der Waals surface area contributed by atoms with Gasteiger partial charge in [0.15, 0.2) is 0 Å². The molecule has 0 bridgehead atoms. The Hall–Kier alpha value is -0.390. The highest BCUT2D eigenvalue weighted by atomic mass is 32.1. The minimum atomic E-state index is -4.22. The largest absolute Gasteiger partial charge is 0.390 e. The monoisotopic (exact) mass is 243 g/mol. The van der Waals surface area contributed by atoms with Crippen molar-refractivity contribution >= 4 is 18.5 Å². The molecule has 0 aliphatic heterocycles. The van der Waals surface area contributed by atoms with E-state index < -0.39 is 17.8 Å².